The molecule has 5 heteroatoms. The zero-order valence-electron chi connectivity index (χ0n) is 21.9. The lowest BCUT2D eigenvalue weighted by Gasteiger charge is -2.14. The first-order valence-corrected chi connectivity index (χ1v) is 13.9. The van der Waals surface area contributed by atoms with Gasteiger partial charge < -0.3 is 4.57 Å². The molecule has 0 atom stereocenters. The quantitative estimate of drug-likeness (QED) is 0.204. The topological polar surface area (TPSA) is 48.0 Å². The van der Waals surface area contributed by atoms with Crippen LogP contribution >= 0.6 is 0 Å². The van der Waals surface area contributed by atoms with Crippen molar-refractivity contribution in [3.8, 4) is 16.8 Å². The third-order valence-corrected chi connectivity index (χ3v) is 8.85. The molecule has 4 aromatic carbocycles. The van der Waals surface area contributed by atoms with E-state index in [2.05, 4.69) is 98.9 Å². The molecule has 0 amide bonds. The first kappa shape index (κ1) is 21.3. The standard InChI is InChI=1S/C36H21N5/c1-2-8-22(9-3-1)40-33-25(13-12-24-23-10-5-4-7-21(23)19-28(24)33)26-14-15-27-32(34(26)40)29-20-37-18-16-31(29)41-35(27)39-30-11-6-17-38-36(30)41/h1-18,20H,19H2. The van der Waals surface area contributed by atoms with Gasteiger partial charge in [-0.2, -0.15) is 0 Å². The minimum atomic E-state index is 0.861. The van der Waals surface area contributed by atoms with Crippen LogP contribution in [0.15, 0.2) is 116 Å². The van der Waals surface area contributed by atoms with Crippen molar-refractivity contribution < 1.29 is 0 Å². The second kappa shape index (κ2) is 7.55. The molecule has 0 unspecified atom stereocenters. The molecule has 0 N–H and O–H groups in total. The first-order chi connectivity index (χ1) is 20.4. The number of imidazole rings is 1. The number of hydrogen-bond donors (Lipinski definition) is 0. The van der Waals surface area contributed by atoms with E-state index in [0.717, 1.165) is 50.6 Å². The Morgan fingerprint density at radius 3 is 2.39 bits per heavy atom. The molecule has 0 bridgehead atoms. The van der Waals surface area contributed by atoms with Crippen LogP contribution in [-0.2, 0) is 6.42 Å². The van der Waals surface area contributed by atoms with Crippen molar-refractivity contribution in [2.45, 2.75) is 6.42 Å². The van der Waals surface area contributed by atoms with Gasteiger partial charge in [0.15, 0.2) is 5.65 Å². The number of pyridine rings is 3. The van der Waals surface area contributed by atoms with E-state index in [1.807, 2.05) is 30.7 Å². The molecule has 190 valence electrons. The minimum absolute atomic E-state index is 0.861. The molecule has 5 aromatic heterocycles. The molecule has 9 aromatic rings. The maximum absolute atomic E-state index is 5.11. The Hall–Kier alpha value is -5.55. The highest BCUT2D eigenvalue weighted by molar-refractivity contribution is 6.28. The highest BCUT2D eigenvalue weighted by Gasteiger charge is 2.26. The van der Waals surface area contributed by atoms with E-state index >= 15 is 0 Å². The SMILES string of the molecule is c1ccc(-n2c3c4c(ccc3c3ccc5c(c6cnccc6n6c7ncccc7nc56)c32)-c2ccccc2C4)cc1. The van der Waals surface area contributed by atoms with Gasteiger partial charge >= 0.3 is 0 Å². The number of nitrogens with zero attached hydrogens (tertiary/aromatic N) is 5. The first-order valence-electron chi connectivity index (χ1n) is 13.9. The summed E-state index contributed by atoms with van der Waals surface area (Å²) in [7, 11) is 0. The summed E-state index contributed by atoms with van der Waals surface area (Å²) < 4.78 is 4.67. The number of benzene rings is 4. The van der Waals surface area contributed by atoms with Gasteiger partial charge in [0.1, 0.15) is 11.2 Å². The van der Waals surface area contributed by atoms with Crippen LogP contribution in [0.1, 0.15) is 11.1 Å². The number of rotatable bonds is 1. The average Bonchev–Trinajstić information content (AvgIpc) is 3.71. The Morgan fingerprint density at radius 1 is 0.610 bits per heavy atom. The largest absolute Gasteiger partial charge is 0.308 e. The fourth-order valence-corrected chi connectivity index (χ4v) is 7.21. The highest BCUT2D eigenvalue weighted by atomic mass is 15.1. The Labute approximate surface area is 234 Å². The summed E-state index contributed by atoms with van der Waals surface area (Å²) in [4.78, 5) is 14.5. The molecule has 0 saturated carbocycles. The predicted octanol–water partition coefficient (Wildman–Crippen LogP) is 8.25. The van der Waals surface area contributed by atoms with Gasteiger partial charge in [-0.3, -0.25) is 9.38 Å². The lowest BCUT2D eigenvalue weighted by Crippen LogP contribution is -1.99. The molecule has 5 heterocycles. The molecule has 1 aliphatic rings. The third-order valence-electron chi connectivity index (χ3n) is 8.85. The van der Waals surface area contributed by atoms with Crippen molar-refractivity contribution in [3.05, 3.63) is 127 Å². The third kappa shape index (κ3) is 2.63. The van der Waals surface area contributed by atoms with Gasteiger partial charge in [-0.15, -0.1) is 0 Å². The summed E-state index contributed by atoms with van der Waals surface area (Å²) in [5, 5.41) is 5.85. The van der Waals surface area contributed by atoms with Gasteiger partial charge in [-0.25, -0.2) is 9.97 Å². The van der Waals surface area contributed by atoms with E-state index in [1.165, 1.54) is 44.1 Å². The van der Waals surface area contributed by atoms with Crippen LogP contribution in [0.2, 0.25) is 0 Å². The monoisotopic (exact) mass is 523 g/mol. The molecule has 0 saturated heterocycles. The summed E-state index contributed by atoms with van der Waals surface area (Å²) in [5.74, 6) is 0. The van der Waals surface area contributed by atoms with Gasteiger partial charge in [-0.05, 0) is 58.7 Å². The molecule has 0 aliphatic heterocycles. The zero-order valence-corrected chi connectivity index (χ0v) is 21.9. The lowest BCUT2D eigenvalue weighted by molar-refractivity contribution is 1.16. The lowest BCUT2D eigenvalue weighted by atomic mass is 10.0. The van der Waals surface area contributed by atoms with Gasteiger partial charge in [-0.1, -0.05) is 60.7 Å². The van der Waals surface area contributed by atoms with E-state index in [4.69, 9.17) is 9.97 Å². The van der Waals surface area contributed by atoms with Crippen molar-refractivity contribution in [1.29, 1.82) is 0 Å². The zero-order chi connectivity index (χ0) is 26.7. The second-order valence-corrected chi connectivity index (χ2v) is 10.9. The normalized spacial score (nSPS) is 12.8. The summed E-state index contributed by atoms with van der Waals surface area (Å²) in [5.41, 5.74) is 12.8. The molecule has 0 fully saturated rings. The molecule has 5 nitrogen and oxygen atoms in total. The van der Waals surface area contributed by atoms with Crippen LogP contribution in [0.3, 0.4) is 0 Å². The Kier molecular flexibility index (Phi) is 3.92. The fourth-order valence-electron chi connectivity index (χ4n) is 7.21. The predicted molar refractivity (Wildman–Crippen MR) is 166 cm³/mol. The van der Waals surface area contributed by atoms with Crippen molar-refractivity contribution in [2.24, 2.45) is 0 Å². The molecule has 41 heavy (non-hydrogen) atoms. The summed E-state index contributed by atoms with van der Waals surface area (Å²) >= 11 is 0. The Bertz CT molecular complexity index is 2550. The van der Waals surface area contributed by atoms with Crippen LogP contribution in [0.5, 0.6) is 0 Å². The van der Waals surface area contributed by atoms with Crippen LogP contribution in [0.4, 0.5) is 0 Å². The van der Waals surface area contributed by atoms with Gasteiger partial charge in [0.05, 0.1) is 16.6 Å². The van der Waals surface area contributed by atoms with E-state index in [1.54, 1.807) is 0 Å². The molecule has 0 radical (unpaired) electrons. The number of aromatic nitrogens is 5. The summed E-state index contributed by atoms with van der Waals surface area (Å²) in [6.07, 6.45) is 6.62. The molecular weight excluding hydrogens is 502 g/mol. The molecular formula is C36H21N5. The molecule has 1 aliphatic carbocycles. The maximum Gasteiger partial charge on any atom is 0.164 e. The van der Waals surface area contributed by atoms with Crippen LogP contribution < -0.4 is 0 Å². The van der Waals surface area contributed by atoms with Crippen LogP contribution in [0.25, 0.3) is 77.1 Å². The van der Waals surface area contributed by atoms with Crippen molar-refractivity contribution >= 4 is 60.3 Å². The van der Waals surface area contributed by atoms with E-state index in [-0.39, 0.29) is 0 Å². The second-order valence-electron chi connectivity index (χ2n) is 10.9. The average molecular weight is 524 g/mol. The summed E-state index contributed by atoms with van der Waals surface area (Å²) in [6.45, 7) is 0. The highest BCUT2D eigenvalue weighted by Crippen LogP contribution is 2.46. The fraction of sp³-hybridized carbons (Fsp3) is 0.0278. The van der Waals surface area contributed by atoms with Gasteiger partial charge in [0.2, 0.25) is 0 Å². The van der Waals surface area contributed by atoms with Crippen molar-refractivity contribution in [3.63, 3.8) is 0 Å². The van der Waals surface area contributed by atoms with Crippen molar-refractivity contribution in [1.82, 2.24) is 23.9 Å². The summed E-state index contributed by atoms with van der Waals surface area (Å²) in [6, 6.07) is 34.8. The van der Waals surface area contributed by atoms with E-state index in [0.29, 0.717) is 0 Å². The van der Waals surface area contributed by atoms with Gasteiger partial charge in [0, 0.05) is 57.6 Å². The number of hydrogen-bond acceptors (Lipinski definition) is 3. The Morgan fingerprint density at radius 2 is 1.44 bits per heavy atom. The smallest absolute Gasteiger partial charge is 0.164 e. The molecule has 0 spiro atoms. The van der Waals surface area contributed by atoms with Crippen molar-refractivity contribution in [2.75, 3.05) is 0 Å². The number of para-hydroxylation sites is 1. The van der Waals surface area contributed by atoms with E-state index < -0.39 is 0 Å². The number of fused-ring (bicyclic) bond motifs is 16. The minimum Gasteiger partial charge on any atom is -0.308 e. The van der Waals surface area contributed by atoms with Gasteiger partial charge in [0.25, 0.3) is 0 Å². The van der Waals surface area contributed by atoms with Crippen LogP contribution in [-0.4, -0.2) is 23.9 Å². The van der Waals surface area contributed by atoms with E-state index in [9.17, 15) is 0 Å². The Balaban J connectivity index is 1.49. The molecule has 10 rings (SSSR count). The maximum atomic E-state index is 5.11. The van der Waals surface area contributed by atoms with Crippen LogP contribution in [0, 0.1) is 0 Å².